The summed E-state index contributed by atoms with van der Waals surface area (Å²) in [6.07, 6.45) is 0. The number of aromatic nitrogens is 1. The van der Waals surface area contributed by atoms with Crippen molar-refractivity contribution < 1.29 is 0 Å². The molecule has 0 atom stereocenters. The normalized spacial score (nSPS) is 11.7. The quantitative estimate of drug-likeness (QED) is 0.170. The number of benzene rings is 7. The molecule has 0 unspecified atom stereocenters. The minimum Gasteiger partial charge on any atom is -0.309 e. The summed E-state index contributed by atoms with van der Waals surface area (Å²) in [6.45, 7) is 0. The van der Waals surface area contributed by atoms with E-state index in [4.69, 9.17) is 0 Å². The van der Waals surface area contributed by atoms with Gasteiger partial charge < -0.3 is 4.57 Å². The van der Waals surface area contributed by atoms with E-state index in [0.29, 0.717) is 0 Å². The highest BCUT2D eigenvalue weighted by Crippen LogP contribution is 2.46. The second-order valence-corrected chi connectivity index (χ2v) is 14.3. The third-order valence-electron chi connectivity index (χ3n) is 8.96. The topological polar surface area (TPSA) is 4.93 Å². The van der Waals surface area contributed by atoms with E-state index < -0.39 is 0 Å². The lowest BCUT2D eigenvalue weighted by atomic mass is 9.98. The van der Waals surface area contributed by atoms with Gasteiger partial charge in [-0.05, 0) is 91.4 Å². The summed E-state index contributed by atoms with van der Waals surface area (Å²) in [5.74, 6) is 0. The summed E-state index contributed by atoms with van der Waals surface area (Å²) in [5.41, 5.74) is 9.70. The first-order valence-electron chi connectivity index (χ1n) is 15.2. The maximum absolute atomic E-state index is 3.97. The first-order chi connectivity index (χ1) is 22.6. The monoisotopic (exact) mass is 733 g/mol. The average Bonchev–Trinajstić information content (AvgIpc) is 3.62. The lowest BCUT2D eigenvalue weighted by Crippen LogP contribution is -1.93. The predicted molar refractivity (Wildman–Crippen MR) is 205 cm³/mol. The zero-order chi connectivity index (χ0) is 30.8. The van der Waals surface area contributed by atoms with Crippen LogP contribution in [0.3, 0.4) is 0 Å². The van der Waals surface area contributed by atoms with Gasteiger partial charge in [-0.1, -0.05) is 125 Å². The SMILES string of the molecule is Brc1c(-c2ccc(Br)c3ccccc23)sc2cc(-c3cccc(-c4ccc5c6ccccc6n(-c6ccccc6)c5c4)c3)ccc12. The van der Waals surface area contributed by atoms with E-state index in [0.717, 1.165) is 8.95 Å². The lowest BCUT2D eigenvalue weighted by molar-refractivity contribution is 1.18. The molecular weight excluding hydrogens is 710 g/mol. The lowest BCUT2D eigenvalue weighted by Gasteiger charge is -2.10. The van der Waals surface area contributed by atoms with Gasteiger partial charge in [-0.25, -0.2) is 0 Å². The predicted octanol–water partition coefficient (Wildman–Crippen LogP) is 13.7. The molecule has 1 nitrogen and oxygen atoms in total. The van der Waals surface area contributed by atoms with Gasteiger partial charge in [-0.3, -0.25) is 0 Å². The summed E-state index contributed by atoms with van der Waals surface area (Å²) in [6, 6.07) is 55.0. The van der Waals surface area contributed by atoms with Crippen LogP contribution in [-0.4, -0.2) is 4.57 Å². The summed E-state index contributed by atoms with van der Waals surface area (Å²) in [7, 11) is 0. The minimum absolute atomic E-state index is 1.12. The molecule has 0 saturated heterocycles. The number of rotatable bonds is 4. The van der Waals surface area contributed by atoms with E-state index in [1.165, 1.54) is 81.0 Å². The molecule has 9 aromatic rings. The molecular formula is C42H25Br2NS. The van der Waals surface area contributed by atoms with Gasteiger partial charge in [-0.2, -0.15) is 0 Å². The maximum Gasteiger partial charge on any atom is 0.0547 e. The third-order valence-corrected chi connectivity index (χ3v) is 11.9. The Hall–Kier alpha value is -4.48. The fraction of sp³-hybridized carbons (Fsp3) is 0. The van der Waals surface area contributed by atoms with Crippen molar-refractivity contribution in [2.24, 2.45) is 0 Å². The van der Waals surface area contributed by atoms with Gasteiger partial charge in [0.1, 0.15) is 0 Å². The number of halogens is 2. The van der Waals surface area contributed by atoms with Crippen molar-refractivity contribution in [2.75, 3.05) is 0 Å². The van der Waals surface area contributed by atoms with Crippen molar-refractivity contribution in [1.82, 2.24) is 4.57 Å². The van der Waals surface area contributed by atoms with Crippen LogP contribution in [0.2, 0.25) is 0 Å². The molecule has 0 aliphatic rings. The summed E-state index contributed by atoms with van der Waals surface area (Å²) in [4.78, 5) is 1.26. The largest absolute Gasteiger partial charge is 0.309 e. The van der Waals surface area contributed by atoms with Crippen molar-refractivity contribution in [3.8, 4) is 38.4 Å². The smallest absolute Gasteiger partial charge is 0.0547 e. The third kappa shape index (κ3) is 4.47. The van der Waals surface area contributed by atoms with Crippen LogP contribution < -0.4 is 0 Å². The highest BCUT2D eigenvalue weighted by molar-refractivity contribution is 9.11. The molecule has 0 bridgehead atoms. The summed E-state index contributed by atoms with van der Waals surface area (Å²) < 4.78 is 5.92. The van der Waals surface area contributed by atoms with Crippen LogP contribution in [0.25, 0.3) is 81.0 Å². The van der Waals surface area contributed by atoms with E-state index >= 15 is 0 Å². The zero-order valence-corrected chi connectivity index (χ0v) is 28.5. The number of hydrogen-bond donors (Lipinski definition) is 0. The fourth-order valence-electron chi connectivity index (χ4n) is 6.76. The highest BCUT2D eigenvalue weighted by Gasteiger charge is 2.17. The fourth-order valence-corrected chi connectivity index (χ4v) is 9.35. The molecule has 2 heterocycles. The van der Waals surface area contributed by atoms with Crippen LogP contribution >= 0.6 is 43.2 Å². The summed E-state index contributed by atoms with van der Waals surface area (Å²) >= 11 is 9.55. The van der Waals surface area contributed by atoms with Crippen LogP contribution in [0.4, 0.5) is 0 Å². The zero-order valence-electron chi connectivity index (χ0n) is 24.5. The van der Waals surface area contributed by atoms with Crippen molar-refractivity contribution in [3.63, 3.8) is 0 Å². The van der Waals surface area contributed by atoms with E-state index in [1.807, 2.05) is 11.3 Å². The second-order valence-electron chi connectivity index (χ2n) is 11.6. The van der Waals surface area contributed by atoms with Crippen LogP contribution in [-0.2, 0) is 0 Å². The molecule has 9 rings (SSSR count). The van der Waals surface area contributed by atoms with Crippen LogP contribution in [0.1, 0.15) is 0 Å². The van der Waals surface area contributed by atoms with Gasteiger partial charge in [-0.15, -0.1) is 11.3 Å². The molecule has 0 aliphatic carbocycles. The molecule has 7 aromatic carbocycles. The molecule has 0 fully saturated rings. The second kappa shape index (κ2) is 11.1. The highest BCUT2D eigenvalue weighted by atomic mass is 79.9. The maximum atomic E-state index is 3.97. The molecule has 2 aromatic heterocycles. The van der Waals surface area contributed by atoms with Gasteiger partial charge >= 0.3 is 0 Å². The molecule has 218 valence electrons. The molecule has 0 radical (unpaired) electrons. The van der Waals surface area contributed by atoms with E-state index in [-0.39, 0.29) is 0 Å². The number of nitrogens with zero attached hydrogens (tertiary/aromatic N) is 1. The molecule has 0 saturated carbocycles. The van der Waals surface area contributed by atoms with Gasteiger partial charge in [0, 0.05) is 41.1 Å². The van der Waals surface area contributed by atoms with Crippen LogP contribution in [0, 0.1) is 0 Å². The molecule has 0 N–H and O–H groups in total. The Labute approximate surface area is 287 Å². The minimum atomic E-state index is 1.12. The van der Waals surface area contributed by atoms with Gasteiger partial charge in [0.05, 0.1) is 15.9 Å². The Balaban J connectivity index is 1.14. The van der Waals surface area contributed by atoms with Gasteiger partial charge in [0.2, 0.25) is 0 Å². The first-order valence-corrected chi connectivity index (χ1v) is 17.6. The standard InChI is InChI=1S/C42H25Br2NS/c43-37-22-21-35(31-13-4-5-14-32(31)37)42-41(44)36-20-18-29(25-40(36)46-42)27-10-8-9-26(23-27)28-17-19-34-33-15-6-7-16-38(33)45(39(34)24-28)30-11-2-1-3-12-30/h1-25H. The molecule has 0 aliphatic heterocycles. The van der Waals surface area contributed by atoms with Crippen LogP contribution in [0.15, 0.2) is 161 Å². The average molecular weight is 736 g/mol. The van der Waals surface area contributed by atoms with Crippen molar-refractivity contribution in [1.29, 1.82) is 0 Å². The number of hydrogen-bond acceptors (Lipinski definition) is 1. The Morgan fingerprint density at radius 1 is 0.435 bits per heavy atom. The Morgan fingerprint density at radius 3 is 1.87 bits per heavy atom. The van der Waals surface area contributed by atoms with E-state index in [9.17, 15) is 0 Å². The Kier molecular flexibility index (Phi) is 6.71. The number of para-hydroxylation sites is 2. The van der Waals surface area contributed by atoms with Gasteiger partial charge in [0.15, 0.2) is 0 Å². The Morgan fingerprint density at radius 2 is 1.07 bits per heavy atom. The molecule has 46 heavy (non-hydrogen) atoms. The van der Waals surface area contributed by atoms with E-state index in [2.05, 4.69) is 188 Å². The number of fused-ring (bicyclic) bond motifs is 5. The van der Waals surface area contributed by atoms with Crippen molar-refractivity contribution in [2.45, 2.75) is 0 Å². The van der Waals surface area contributed by atoms with Crippen molar-refractivity contribution in [3.05, 3.63) is 161 Å². The molecule has 0 spiro atoms. The summed E-state index contributed by atoms with van der Waals surface area (Å²) in [5, 5.41) is 6.26. The Bertz CT molecular complexity index is 2610. The van der Waals surface area contributed by atoms with E-state index in [1.54, 1.807) is 0 Å². The number of thiophene rings is 1. The first kappa shape index (κ1) is 27.8. The van der Waals surface area contributed by atoms with Gasteiger partial charge in [0.25, 0.3) is 0 Å². The van der Waals surface area contributed by atoms with Crippen molar-refractivity contribution >= 4 is 85.9 Å². The molecule has 4 heteroatoms. The molecule has 0 amide bonds. The van der Waals surface area contributed by atoms with Crippen LogP contribution in [0.5, 0.6) is 0 Å².